The van der Waals surface area contributed by atoms with Crippen LogP contribution in [-0.2, 0) is 32.6 Å². The van der Waals surface area contributed by atoms with Crippen molar-refractivity contribution in [2.24, 2.45) is 0 Å². The summed E-state index contributed by atoms with van der Waals surface area (Å²) >= 11 is 16.4. The second-order valence-electron chi connectivity index (χ2n) is 9.34. The van der Waals surface area contributed by atoms with Gasteiger partial charge >= 0.3 is 0 Å². The summed E-state index contributed by atoms with van der Waals surface area (Å²) in [5.41, 5.74) is 1.54. The minimum absolute atomic E-state index is 0.0218. The Morgan fingerprint density at radius 3 is 1.98 bits per heavy atom. The van der Waals surface area contributed by atoms with Gasteiger partial charge in [-0.2, -0.15) is 0 Å². The smallest absolute Gasteiger partial charge is 0.264 e. The second kappa shape index (κ2) is 14.2. The second-order valence-corrected chi connectivity index (χ2v) is 12.9. The first-order valence-electron chi connectivity index (χ1n) is 12.9. The number of hydrogen-bond acceptors (Lipinski definition) is 4. The number of hydrogen-bond donors (Lipinski definition) is 1. The van der Waals surface area contributed by atoms with E-state index in [1.54, 1.807) is 60.7 Å². The molecule has 4 rings (SSSR count). The molecule has 1 N–H and O–H groups in total. The molecule has 4 aromatic carbocycles. The van der Waals surface area contributed by atoms with Gasteiger partial charge in [-0.1, -0.05) is 93.7 Å². The van der Waals surface area contributed by atoms with Crippen molar-refractivity contribution in [1.82, 2.24) is 10.2 Å². The quantitative estimate of drug-likeness (QED) is 0.199. The molecule has 11 heteroatoms. The molecule has 1 atom stereocenters. The predicted octanol–water partition coefficient (Wildman–Crippen LogP) is 6.34. The molecule has 0 aromatic heterocycles. The fourth-order valence-corrected chi connectivity index (χ4v) is 6.65. The normalized spacial score (nSPS) is 11.9. The van der Waals surface area contributed by atoms with E-state index in [9.17, 15) is 18.0 Å². The molecule has 0 saturated carbocycles. The molecule has 0 aliphatic rings. The summed E-state index contributed by atoms with van der Waals surface area (Å²) in [7, 11) is -2.69. The van der Waals surface area contributed by atoms with Crippen molar-refractivity contribution in [3.8, 4) is 0 Å². The molecule has 0 saturated heterocycles. The van der Waals surface area contributed by atoms with Crippen molar-refractivity contribution in [3.05, 3.63) is 129 Å². The van der Waals surface area contributed by atoms with E-state index in [4.69, 9.17) is 23.2 Å². The Balaban J connectivity index is 1.81. The molecule has 0 bridgehead atoms. The maximum atomic E-state index is 14.3. The van der Waals surface area contributed by atoms with Crippen LogP contribution in [0.3, 0.4) is 0 Å². The van der Waals surface area contributed by atoms with E-state index in [1.807, 2.05) is 30.3 Å². The first kappa shape index (κ1) is 31.6. The monoisotopic (exact) mass is 687 g/mol. The van der Waals surface area contributed by atoms with Crippen molar-refractivity contribution in [3.63, 3.8) is 0 Å². The molecule has 4 aromatic rings. The van der Waals surface area contributed by atoms with Crippen LogP contribution >= 0.6 is 39.1 Å². The van der Waals surface area contributed by atoms with Crippen LogP contribution in [0.4, 0.5) is 5.69 Å². The molecule has 0 unspecified atom stereocenters. The standard InChI is InChI=1S/C31H28BrCl2N3O4S/c1-35-31(39)29(19-22-9-4-2-5-10-22)36(20-26-27(33)13-8-14-28(26)34)30(38)21-37(24-17-15-23(32)16-18-24)42(40,41)25-11-6-3-7-12-25/h2-18,29H,19-21H2,1H3,(H,35,39)/t29-/m0/s1. The van der Waals surface area contributed by atoms with Gasteiger partial charge in [0.05, 0.1) is 10.6 Å². The summed E-state index contributed by atoms with van der Waals surface area (Å²) in [6.07, 6.45) is 0.179. The molecule has 7 nitrogen and oxygen atoms in total. The Morgan fingerprint density at radius 2 is 1.40 bits per heavy atom. The third kappa shape index (κ3) is 7.52. The molecular weight excluding hydrogens is 661 g/mol. The zero-order valence-electron chi connectivity index (χ0n) is 22.6. The number of rotatable bonds is 11. The highest BCUT2D eigenvalue weighted by Crippen LogP contribution is 2.29. The van der Waals surface area contributed by atoms with Crippen LogP contribution in [0.1, 0.15) is 11.1 Å². The van der Waals surface area contributed by atoms with Crippen molar-refractivity contribution < 1.29 is 18.0 Å². The molecule has 0 aliphatic carbocycles. The lowest BCUT2D eigenvalue weighted by molar-refractivity contribution is -0.139. The van der Waals surface area contributed by atoms with Crippen LogP contribution in [0.15, 0.2) is 112 Å². The lowest BCUT2D eigenvalue weighted by Gasteiger charge is -2.34. The van der Waals surface area contributed by atoms with E-state index in [1.165, 1.54) is 24.1 Å². The largest absolute Gasteiger partial charge is 0.357 e. The van der Waals surface area contributed by atoms with Crippen LogP contribution < -0.4 is 9.62 Å². The van der Waals surface area contributed by atoms with E-state index in [0.29, 0.717) is 15.6 Å². The number of likely N-dealkylation sites (N-methyl/N-ethyl adjacent to an activating group) is 1. The highest BCUT2D eigenvalue weighted by atomic mass is 79.9. The van der Waals surface area contributed by atoms with Gasteiger partial charge in [0.15, 0.2) is 0 Å². The van der Waals surface area contributed by atoms with Gasteiger partial charge < -0.3 is 10.2 Å². The zero-order chi connectivity index (χ0) is 30.3. The number of carbonyl (C=O) groups is 2. The molecule has 0 aliphatic heterocycles. The number of anilines is 1. The number of nitrogens with zero attached hydrogens (tertiary/aromatic N) is 2. The number of sulfonamides is 1. The van der Waals surface area contributed by atoms with Crippen LogP contribution in [0.2, 0.25) is 10.0 Å². The Labute approximate surface area is 264 Å². The first-order valence-corrected chi connectivity index (χ1v) is 15.9. The SMILES string of the molecule is CNC(=O)[C@H](Cc1ccccc1)N(Cc1c(Cl)cccc1Cl)C(=O)CN(c1ccc(Br)cc1)S(=O)(=O)c1ccccc1. The molecular formula is C31H28BrCl2N3O4S. The van der Waals surface area contributed by atoms with Crippen LogP contribution in [-0.4, -0.2) is 44.8 Å². The average Bonchev–Trinajstić information content (AvgIpc) is 3.00. The van der Waals surface area contributed by atoms with Gasteiger partial charge in [-0.3, -0.25) is 13.9 Å². The average molecular weight is 689 g/mol. The maximum Gasteiger partial charge on any atom is 0.264 e. The lowest BCUT2D eigenvalue weighted by atomic mass is 10.0. The minimum atomic E-state index is -4.18. The number of carbonyl (C=O) groups excluding carboxylic acids is 2. The fourth-order valence-electron chi connectivity index (χ4n) is 4.43. The van der Waals surface area contributed by atoms with Gasteiger partial charge in [-0.05, 0) is 54.1 Å². The van der Waals surface area contributed by atoms with E-state index < -0.39 is 34.4 Å². The van der Waals surface area contributed by atoms with Gasteiger partial charge in [0.2, 0.25) is 11.8 Å². The van der Waals surface area contributed by atoms with Crippen LogP contribution in [0.5, 0.6) is 0 Å². The number of amides is 2. The summed E-state index contributed by atoms with van der Waals surface area (Å²) in [5.74, 6) is -1.03. The Kier molecular flexibility index (Phi) is 10.7. The van der Waals surface area contributed by atoms with Crippen molar-refractivity contribution in [2.75, 3.05) is 17.9 Å². The summed E-state index contributed by atoms with van der Waals surface area (Å²) in [4.78, 5) is 29.0. The van der Waals surface area contributed by atoms with Gasteiger partial charge in [0, 0.05) is 40.1 Å². The zero-order valence-corrected chi connectivity index (χ0v) is 26.5. The minimum Gasteiger partial charge on any atom is -0.357 e. The van der Waals surface area contributed by atoms with Crippen molar-refractivity contribution in [1.29, 1.82) is 0 Å². The third-order valence-electron chi connectivity index (χ3n) is 6.63. The van der Waals surface area contributed by atoms with Gasteiger partial charge in [-0.15, -0.1) is 0 Å². The number of nitrogens with one attached hydrogen (secondary N) is 1. The number of halogens is 3. The topological polar surface area (TPSA) is 86.8 Å². The third-order valence-corrected chi connectivity index (χ3v) is 9.66. The first-order chi connectivity index (χ1) is 20.1. The van der Waals surface area contributed by atoms with E-state index >= 15 is 0 Å². The molecule has 0 fully saturated rings. The Bertz CT molecular complexity index is 1620. The molecule has 2 amide bonds. The van der Waals surface area contributed by atoms with Crippen LogP contribution in [0.25, 0.3) is 0 Å². The summed E-state index contributed by atoms with van der Waals surface area (Å²) < 4.78 is 29.6. The van der Waals surface area contributed by atoms with Crippen LogP contribution in [0, 0.1) is 0 Å². The molecule has 0 heterocycles. The van der Waals surface area contributed by atoms with Gasteiger partial charge in [0.25, 0.3) is 10.0 Å². The Hall–Kier alpha value is -3.37. The van der Waals surface area contributed by atoms with Crippen molar-refractivity contribution >= 4 is 66.7 Å². The van der Waals surface area contributed by atoms with Gasteiger partial charge in [0.1, 0.15) is 12.6 Å². The number of benzene rings is 4. The summed E-state index contributed by atoms with van der Waals surface area (Å²) in [6, 6.07) is 27.7. The van der Waals surface area contributed by atoms with Gasteiger partial charge in [-0.25, -0.2) is 8.42 Å². The molecule has 218 valence electrons. The van der Waals surface area contributed by atoms with E-state index in [-0.39, 0.29) is 23.5 Å². The highest BCUT2D eigenvalue weighted by molar-refractivity contribution is 9.10. The lowest BCUT2D eigenvalue weighted by Crippen LogP contribution is -2.53. The van der Waals surface area contributed by atoms with Crippen molar-refractivity contribution in [2.45, 2.75) is 23.9 Å². The predicted molar refractivity (Wildman–Crippen MR) is 170 cm³/mol. The highest BCUT2D eigenvalue weighted by Gasteiger charge is 2.34. The van der Waals surface area contributed by atoms with E-state index in [2.05, 4.69) is 21.2 Å². The fraction of sp³-hybridized carbons (Fsp3) is 0.161. The maximum absolute atomic E-state index is 14.3. The summed E-state index contributed by atoms with van der Waals surface area (Å²) in [5, 5.41) is 3.28. The molecule has 42 heavy (non-hydrogen) atoms. The molecule has 0 radical (unpaired) electrons. The summed E-state index contributed by atoms with van der Waals surface area (Å²) in [6.45, 7) is -0.703. The van der Waals surface area contributed by atoms with E-state index in [0.717, 1.165) is 14.3 Å². The molecule has 0 spiro atoms. The Morgan fingerprint density at radius 1 is 0.833 bits per heavy atom.